The summed E-state index contributed by atoms with van der Waals surface area (Å²) in [5.41, 5.74) is 0.525. The second-order valence-electron chi connectivity index (χ2n) is 6.21. The minimum atomic E-state index is -1.07. The van der Waals surface area contributed by atoms with Gasteiger partial charge in [-0.2, -0.15) is 5.11 Å². The van der Waals surface area contributed by atoms with Crippen LogP contribution in [0.25, 0.3) is 0 Å². The third-order valence-electron chi connectivity index (χ3n) is 4.38. The molecule has 2 atom stereocenters. The highest BCUT2D eigenvalue weighted by Crippen LogP contribution is 2.32. The van der Waals surface area contributed by atoms with E-state index in [1.165, 1.54) is 18.2 Å². The summed E-state index contributed by atoms with van der Waals surface area (Å²) in [6.07, 6.45) is 0. The Kier molecular flexibility index (Phi) is 4.52. The number of nitrogens with zero attached hydrogens (tertiary/aromatic N) is 4. The monoisotopic (exact) mass is 401 g/mol. The van der Waals surface area contributed by atoms with Gasteiger partial charge in [0.1, 0.15) is 12.4 Å². The number of benzene rings is 2. The Morgan fingerprint density at radius 3 is 2.68 bits per heavy atom. The fraction of sp³-hybridized carbons (Fsp3) is 0.167. The standard InChI is InChI=1S/C18H13ClFN5O3/c19-12-6-1-2-7-13(12)21-14(26)9-24-16-15(22-23-24)17(27)25(18(16)28)11-5-3-4-10(20)8-11/h1-8,15-16H,9H2,(H,21,26)/t15-,16+/m1/s1. The van der Waals surface area contributed by atoms with Gasteiger partial charge in [0.05, 0.1) is 16.4 Å². The fourth-order valence-electron chi connectivity index (χ4n) is 3.12. The van der Waals surface area contributed by atoms with Crippen LogP contribution in [0.1, 0.15) is 0 Å². The smallest absolute Gasteiger partial charge is 0.263 e. The number of fused-ring (bicyclic) bond motifs is 1. The van der Waals surface area contributed by atoms with Crippen LogP contribution < -0.4 is 10.2 Å². The first kappa shape index (κ1) is 18.1. The van der Waals surface area contributed by atoms with Gasteiger partial charge in [0, 0.05) is 0 Å². The summed E-state index contributed by atoms with van der Waals surface area (Å²) in [4.78, 5) is 38.5. The number of hydrogen-bond donors (Lipinski definition) is 1. The average Bonchev–Trinajstić information content (AvgIpc) is 3.17. The van der Waals surface area contributed by atoms with Gasteiger partial charge in [0.15, 0.2) is 12.1 Å². The molecule has 2 aliphatic heterocycles. The zero-order chi connectivity index (χ0) is 19.8. The molecule has 8 nitrogen and oxygen atoms in total. The molecular weight excluding hydrogens is 389 g/mol. The molecule has 142 valence electrons. The maximum atomic E-state index is 13.5. The number of nitrogens with one attached hydrogen (secondary N) is 1. The van der Waals surface area contributed by atoms with Crippen molar-refractivity contribution in [1.29, 1.82) is 0 Å². The molecule has 0 aliphatic carbocycles. The number of carbonyl (C=O) groups is 3. The van der Waals surface area contributed by atoms with Gasteiger partial charge in [-0.15, -0.1) is 0 Å². The summed E-state index contributed by atoms with van der Waals surface area (Å²) in [6, 6.07) is 9.72. The van der Waals surface area contributed by atoms with Crippen molar-refractivity contribution in [3.05, 3.63) is 59.4 Å². The number of carbonyl (C=O) groups excluding carboxylic acids is 3. The second-order valence-corrected chi connectivity index (χ2v) is 6.62. The van der Waals surface area contributed by atoms with Crippen LogP contribution in [0.3, 0.4) is 0 Å². The van der Waals surface area contributed by atoms with Crippen molar-refractivity contribution in [3.63, 3.8) is 0 Å². The highest BCUT2D eigenvalue weighted by Gasteiger charge is 2.55. The molecular formula is C18H13ClFN5O3. The van der Waals surface area contributed by atoms with Crippen LogP contribution in [0.2, 0.25) is 5.02 Å². The van der Waals surface area contributed by atoms with E-state index in [2.05, 4.69) is 15.7 Å². The van der Waals surface area contributed by atoms with Gasteiger partial charge in [0.25, 0.3) is 11.8 Å². The molecule has 1 saturated heterocycles. The van der Waals surface area contributed by atoms with Crippen molar-refractivity contribution in [3.8, 4) is 0 Å². The summed E-state index contributed by atoms with van der Waals surface area (Å²) in [6.45, 7) is -0.300. The number of para-hydroxylation sites is 1. The number of imide groups is 1. The molecule has 1 N–H and O–H groups in total. The van der Waals surface area contributed by atoms with E-state index in [4.69, 9.17) is 11.6 Å². The molecule has 3 amide bonds. The van der Waals surface area contributed by atoms with Gasteiger partial charge in [-0.25, -0.2) is 9.29 Å². The van der Waals surface area contributed by atoms with Crippen LogP contribution in [0.5, 0.6) is 0 Å². The highest BCUT2D eigenvalue weighted by atomic mass is 35.5. The molecule has 28 heavy (non-hydrogen) atoms. The molecule has 0 spiro atoms. The number of halogens is 2. The molecule has 0 unspecified atom stereocenters. The molecule has 0 saturated carbocycles. The minimum absolute atomic E-state index is 0.111. The average molecular weight is 402 g/mol. The Morgan fingerprint density at radius 1 is 1.14 bits per heavy atom. The maximum Gasteiger partial charge on any atom is 0.263 e. The molecule has 0 bridgehead atoms. The van der Waals surface area contributed by atoms with Crippen molar-refractivity contribution < 1.29 is 18.8 Å². The third kappa shape index (κ3) is 3.09. The van der Waals surface area contributed by atoms with Crippen LogP contribution >= 0.6 is 11.6 Å². The first-order valence-corrected chi connectivity index (χ1v) is 8.68. The van der Waals surface area contributed by atoms with E-state index in [1.807, 2.05) is 0 Å². The summed E-state index contributed by atoms with van der Waals surface area (Å²) in [7, 11) is 0. The zero-order valence-electron chi connectivity index (χ0n) is 14.3. The third-order valence-corrected chi connectivity index (χ3v) is 4.71. The van der Waals surface area contributed by atoms with Crippen LogP contribution in [0, 0.1) is 5.82 Å². The van der Waals surface area contributed by atoms with Crippen molar-refractivity contribution in [2.45, 2.75) is 12.1 Å². The zero-order valence-corrected chi connectivity index (χ0v) is 15.0. The Bertz CT molecular complexity index is 1010. The molecule has 2 heterocycles. The second kappa shape index (κ2) is 7.01. The molecule has 4 rings (SSSR count). The lowest BCUT2D eigenvalue weighted by Gasteiger charge is -2.20. The van der Waals surface area contributed by atoms with E-state index in [-0.39, 0.29) is 12.2 Å². The normalized spacial score (nSPS) is 20.6. The Morgan fingerprint density at radius 2 is 1.93 bits per heavy atom. The lowest BCUT2D eigenvalue weighted by Crippen LogP contribution is -2.43. The summed E-state index contributed by atoms with van der Waals surface area (Å²) in [5.74, 6) is -2.28. The van der Waals surface area contributed by atoms with Crippen molar-refractivity contribution >= 4 is 40.7 Å². The Labute approximate surface area is 163 Å². The molecule has 0 radical (unpaired) electrons. The van der Waals surface area contributed by atoms with Crippen LogP contribution in [-0.4, -0.2) is 41.4 Å². The van der Waals surface area contributed by atoms with Gasteiger partial charge >= 0.3 is 0 Å². The first-order chi connectivity index (χ1) is 13.5. The van der Waals surface area contributed by atoms with E-state index < -0.39 is 35.6 Å². The van der Waals surface area contributed by atoms with E-state index in [0.29, 0.717) is 10.7 Å². The van der Waals surface area contributed by atoms with Gasteiger partial charge in [-0.05, 0) is 30.3 Å². The molecule has 2 aliphatic rings. The fourth-order valence-corrected chi connectivity index (χ4v) is 3.31. The van der Waals surface area contributed by atoms with E-state index in [1.54, 1.807) is 24.3 Å². The molecule has 10 heteroatoms. The summed E-state index contributed by atoms with van der Waals surface area (Å²) in [5, 5.41) is 11.7. The van der Waals surface area contributed by atoms with Gasteiger partial charge < -0.3 is 5.32 Å². The molecule has 2 aromatic rings. The predicted molar refractivity (Wildman–Crippen MR) is 98.1 cm³/mol. The Hall–Kier alpha value is -3.33. The van der Waals surface area contributed by atoms with Gasteiger partial charge in [-0.1, -0.05) is 35.0 Å². The molecule has 1 fully saturated rings. The topological polar surface area (TPSA) is 94.4 Å². The van der Waals surface area contributed by atoms with E-state index >= 15 is 0 Å². The largest absolute Gasteiger partial charge is 0.323 e. The molecule has 2 aromatic carbocycles. The summed E-state index contributed by atoms with van der Waals surface area (Å²) >= 11 is 6.01. The Balaban J connectivity index is 1.50. The van der Waals surface area contributed by atoms with E-state index in [9.17, 15) is 18.8 Å². The first-order valence-electron chi connectivity index (χ1n) is 8.31. The van der Waals surface area contributed by atoms with Crippen molar-refractivity contribution in [1.82, 2.24) is 5.01 Å². The van der Waals surface area contributed by atoms with Gasteiger partial charge in [0.2, 0.25) is 5.91 Å². The van der Waals surface area contributed by atoms with Crippen LogP contribution in [0.4, 0.5) is 15.8 Å². The number of amides is 3. The van der Waals surface area contributed by atoms with Crippen molar-refractivity contribution in [2.75, 3.05) is 16.8 Å². The molecule has 0 aromatic heterocycles. The minimum Gasteiger partial charge on any atom is -0.323 e. The predicted octanol–water partition coefficient (Wildman–Crippen LogP) is 2.41. The quantitative estimate of drug-likeness (QED) is 0.796. The van der Waals surface area contributed by atoms with Crippen molar-refractivity contribution in [2.24, 2.45) is 10.3 Å². The van der Waals surface area contributed by atoms with Crippen LogP contribution in [-0.2, 0) is 14.4 Å². The van der Waals surface area contributed by atoms with E-state index in [0.717, 1.165) is 16.0 Å². The lowest BCUT2D eigenvalue weighted by atomic mass is 10.1. The number of anilines is 2. The highest BCUT2D eigenvalue weighted by molar-refractivity contribution is 6.33. The van der Waals surface area contributed by atoms with Gasteiger partial charge in [-0.3, -0.25) is 19.4 Å². The lowest BCUT2D eigenvalue weighted by molar-refractivity contribution is -0.123. The number of hydrogen-bond acceptors (Lipinski definition) is 6. The number of rotatable bonds is 4. The maximum absolute atomic E-state index is 13.5. The van der Waals surface area contributed by atoms with Crippen LogP contribution in [0.15, 0.2) is 58.9 Å². The summed E-state index contributed by atoms with van der Waals surface area (Å²) < 4.78 is 13.5. The SMILES string of the molecule is O=C(CN1N=N[C@H]2C(=O)N(c3cccc(F)c3)C(=O)[C@H]21)Nc1ccccc1Cl.